The van der Waals surface area contributed by atoms with E-state index in [1.807, 2.05) is 35.6 Å². The molecule has 7 nitrogen and oxygen atoms in total. The number of nitrogens with zero attached hydrogens (tertiary/aromatic N) is 4. The van der Waals surface area contributed by atoms with Crippen LogP contribution < -0.4 is 4.74 Å². The molecular formula is C17H17ClN4O3S. The highest BCUT2D eigenvalue weighted by molar-refractivity contribution is 7.98. The molecule has 2 aromatic heterocycles. The number of carbonyl (C=O) groups excluding carboxylic acids is 1. The van der Waals surface area contributed by atoms with E-state index >= 15 is 0 Å². The zero-order valence-corrected chi connectivity index (χ0v) is 15.9. The van der Waals surface area contributed by atoms with Gasteiger partial charge in [0.25, 0.3) is 5.88 Å². The summed E-state index contributed by atoms with van der Waals surface area (Å²) in [7, 11) is 0. The quantitative estimate of drug-likeness (QED) is 0.450. The summed E-state index contributed by atoms with van der Waals surface area (Å²) in [6.45, 7) is 3.67. The summed E-state index contributed by atoms with van der Waals surface area (Å²) in [6.07, 6.45) is 1.67. The number of benzene rings is 1. The number of thioether (sulfide) groups is 1. The largest absolute Gasteiger partial charge is 0.463 e. The number of fused-ring (bicyclic) bond motifs is 1. The fourth-order valence-corrected chi connectivity index (χ4v) is 3.27. The zero-order valence-electron chi connectivity index (χ0n) is 14.3. The maximum atomic E-state index is 11.5. The van der Waals surface area contributed by atoms with Crippen LogP contribution in [0.15, 0.2) is 35.7 Å². The third-order valence-electron chi connectivity index (χ3n) is 3.50. The van der Waals surface area contributed by atoms with Gasteiger partial charge in [-0.2, -0.15) is 0 Å². The van der Waals surface area contributed by atoms with Crippen molar-refractivity contribution in [2.75, 3.05) is 13.2 Å². The standard InChI is InChI=1S/C17H17ClN4O3S/c1-3-24-14(23)8-25-16-15-11(2)19-10-22(15)17(21-20-16)26-9-12-4-6-13(18)7-5-12/h4-7,10H,3,8-9H2,1-2H3. The number of imidazole rings is 1. The van der Waals surface area contributed by atoms with Crippen molar-refractivity contribution in [3.63, 3.8) is 0 Å². The second-order valence-electron chi connectivity index (χ2n) is 5.35. The van der Waals surface area contributed by atoms with Crippen molar-refractivity contribution in [2.45, 2.75) is 24.8 Å². The Morgan fingerprint density at radius 1 is 1.27 bits per heavy atom. The van der Waals surface area contributed by atoms with E-state index in [9.17, 15) is 4.79 Å². The Labute approximate surface area is 159 Å². The van der Waals surface area contributed by atoms with E-state index in [0.29, 0.717) is 28.1 Å². The molecule has 0 N–H and O–H groups in total. The minimum atomic E-state index is -0.453. The van der Waals surface area contributed by atoms with Crippen LogP contribution in [0.2, 0.25) is 5.02 Å². The first-order chi connectivity index (χ1) is 12.6. The van der Waals surface area contributed by atoms with Crippen molar-refractivity contribution in [3.05, 3.63) is 46.9 Å². The molecule has 136 valence electrons. The van der Waals surface area contributed by atoms with Gasteiger partial charge in [0, 0.05) is 10.8 Å². The van der Waals surface area contributed by atoms with Gasteiger partial charge in [0.2, 0.25) is 0 Å². The maximum Gasteiger partial charge on any atom is 0.344 e. The Kier molecular flexibility index (Phi) is 5.95. The van der Waals surface area contributed by atoms with Crippen molar-refractivity contribution in [1.82, 2.24) is 19.6 Å². The number of hydrogen-bond acceptors (Lipinski definition) is 7. The minimum absolute atomic E-state index is 0.222. The topological polar surface area (TPSA) is 78.6 Å². The van der Waals surface area contributed by atoms with Crippen molar-refractivity contribution < 1.29 is 14.3 Å². The van der Waals surface area contributed by atoms with Gasteiger partial charge >= 0.3 is 5.97 Å². The van der Waals surface area contributed by atoms with Gasteiger partial charge in [-0.1, -0.05) is 35.5 Å². The van der Waals surface area contributed by atoms with E-state index in [2.05, 4.69) is 15.2 Å². The molecule has 0 fully saturated rings. The van der Waals surface area contributed by atoms with Gasteiger partial charge in [0.05, 0.1) is 12.3 Å². The lowest BCUT2D eigenvalue weighted by Crippen LogP contribution is -2.16. The monoisotopic (exact) mass is 392 g/mol. The molecule has 26 heavy (non-hydrogen) atoms. The van der Waals surface area contributed by atoms with E-state index in [4.69, 9.17) is 21.1 Å². The molecule has 0 amide bonds. The van der Waals surface area contributed by atoms with Gasteiger partial charge in [0.15, 0.2) is 11.8 Å². The smallest absolute Gasteiger partial charge is 0.344 e. The fraction of sp³-hybridized carbons (Fsp3) is 0.294. The number of carbonyl (C=O) groups is 1. The number of esters is 1. The van der Waals surface area contributed by atoms with Crippen LogP contribution in [-0.2, 0) is 15.3 Å². The zero-order chi connectivity index (χ0) is 18.5. The average molecular weight is 393 g/mol. The van der Waals surface area contributed by atoms with E-state index < -0.39 is 5.97 Å². The van der Waals surface area contributed by atoms with Crippen LogP contribution in [0.4, 0.5) is 0 Å². The Morgan fingerprint density at radius 2 is 2.04 bits per heavy atom. The maximum absolute atomic E-state index is 11.5. The molecule has 0 aliphatic heterocycles. The normalized spacial score (nSPS) is 10.9. The fourth-order valence-electron chi connectivity index (χ4n) is 2.28. The molecule has 0 atom stereocenters. The van der Waals surface area contributed by atoms with Crippen LogP contribution in [0.25, 0.3) is 5.52 Å². The van der Waals surface area contributed by atoms with Gasteiger partial charge in [-0.25, -0.2) is 9.78 Å². The molecular weight excluding hydrogens is 376 g/mol. The molecule has 2 heterocycles. The van der Waals surface area contributed by atoms with Gasteiger partial charge in [0.1, 0.15) is 11.8 Å². The van der Waals surface area contributed by atoms with E-state index in [-0.39, 0.29) is 12.5 Å². The summed E-state index contributed by atoms with van der Waals surface area (Å²) in [5.74, 6) is 0.510. The Balaban J connectivity index is 1.79. The molecule has 9 heteroatoms. The van der Waals surface area contributed by atoms with E-state index in [1.54, 1.807) is 13.3 Å². The summed E-state index contributed by atoms with van der Waals surface area (Å²) < 4.78 is 12.1. The van der Waals surface area contributed by atoms with Gasteiger partial charge in [-0.15, -0.1) is 10.2 Å². The molecule has 0 aliphatic carbocycles. The van der Waals surface area contributed by atoms with Crippen molar-refractivity contribution in [3.8, 4) is 5.88 Å². The van der Waals surface area contributed by atoms with Crippen LogP contribution in [0, 0.1) is 6.92 Å². The summed E-state index contributed by atoms with van der Waals surface area (Å²) in [5.41, 5.74) is 2.55. The summed E-state index contributed by atoms with van der Waals surface area (Å²) in [6, 6.07) is 7.64. The first-order valence-electron chi connectivity index (χ1n) is 7.94. The van der Waals surface area contributed by atoms with Crippen LogP contribution >= 0.6 is 23.4 Å². The molecule has 0 radical (unpaired) electrons. The van der Waals surface area contributed by atoms with Crippen molar-refractivity contribution in [1.29, 1.82) is 0 Å². The Morgan fingerprint density at radius 3 is 2.77 bits per heavy atom. The summed E-state index contributed by atoms with van der Waals surface area (Å²) >= 11 is 7.43. The Hall–Kier alpha value is -2.32. The minimum Gasteiger partial charge on any atom is -0.463 e. The van der Waals surface area contributed by atoms with Crippen LogP contribution in [0.1, 0.15) is 18.2 Å². The molecule has 3 aromatic rings. The number of aryl methyl sites for hydroxylation is 1. The highest BCUT2D eigenvalue weighted by atomic mass is 35.5. The van der Waals surface area contributed by atoms with Gasteiger partial charge < -0.3 is 9.47 Å². The third-order valence-corrected chi connectivity index (χ3v) is 4.76. The highest BCUT2D eigenvalue weighted by Crippen LogP contribution is 2.27. The summed E-state index contributed by atoms with van der Waals surface area (Å²) in [5, 5.41) is 9.71. The molecule has 0 saturated heterocycles. The number of rotatable bonds is 7. The molecule has 0 bridgehead atoms. The van der Waals surface area contributed by atoms with E-state index in [0.717, 1.165) is 11.3 Å². The van der Waals surface area contributed by atoms with Crippen LogP contribution in [0.5, 0.6) is 5.88 Å². The van der Waals surface area contributed by atoms with Crippen molar-refractivity contribution >= 4 is 34.8 Å². The number of hydrogen-bond donors (Lipinski definition) is 0. The molecule has 0 saturated carbocycles. The summed E-state index contributed by atoms with van der Waals surface area (Å²) in [4.78, 5) is 15.8. The highest BCUT2D eigenvalue weighted by Gasteiger charge is 2.16. The van der Waals surface area contributed by atoms with Gasteiger partial charge in [-0.3, -0.25) is 4.40 Å². The lowest BCUT2D eigenvalue weighted by atomic mass is 10.2. The Bertz CT molecular complexity index is 914. The number of ether oxygens (including phenoxy) is 2. The molecule has 0 unspecified atom stereocenters. The predicted octanol–water partition coefficient (Wildman–Crippen LogP) is 3.32. The second kappa shape index (κ2) is 8.37. The third kappa shape index (κ3) is 4.25. The van der Waals surface area contributed by atoms with E-state index in [1.165, 1.54) is 11.8 Å². The predicted molar refractivity (Wildman–Crippen MR) is 98.7 cm³/mol. The molecule has 3 rings (SSSR count). The first-order valence-corrected chi connectivity index (χ1v) is 9.31. The first kappa shape index (κ1) is 18.5. The lowest BCUT2D eigenvalue weighted by Gasteiger charge is -2.09. The number of halogens is 1. The molecule has 1 aromatic carbocycles. The van der Waals surface area contributed by atoms with Crippen LogP contribution in [0.3, 0.4) is 0 Å². The van der Waals surface area contributed by atoms with Gasteiger partial charge in [-0.05, 0) is 31.5 Å². The molecule has 0 aliphatic rings. The second-order valence-corrected chi connectivity index (χ2v) is 6.72. The number of aromatic nitrogens is 4. The molecule has 0 spiro atoms. The average Bonchev–Trinajstić information content (AvgIpc) is 3.03. The lowest BCUT2D eigenvalue weighted by molar-refractivity contribution is -0.145. The van der Waals surface area contributed by atoms with Crippen molar-refractivity contribution in [2.24, 2.45) is 0 Å². The SMILES string of the molecule is CCOC(=O)COc1nnc(SCc2ccc(Cl)cc2)n2cnc(C)c12. The van der Waals surface area contributed by atoms with Crippen LogP contribution in [-0.4, -0.2) is 38.8 Å².